The van der Waals surface area contributed by atoms with Crippen molar-refractivity contribution in [1.82, 2.24) is 5.32 Å². The molecule has 0 amide bonds. The number of nitrogens with one attached hydrogen (secondary N) is 1. The quantitative estimate of drug-likeness (QED) is 0.783. The lowest BCUT2D eigenvalue weighted by atomic mass is 9.83. The van der Waals surface area contributed by atoms with Crippen LogP contribution in [0, 0.1) is 17.2 Å². The van der Waals surface area contributed by atoms with E-state index in [-0.39, 0.29) is 6.10 Å². The Balaban J connectivity index is 1.62. The average Bonchev–Trinajstić information content (AvgIpc) is 2.49. The number of nitrogens with zero attached hydrogens (tertiary/aromatic N) is 1. The molecule has 0 heterocycles. The molecule has 108 valence electrons. The van der Waals surface area contributed by atoms with E-state index < -0.39 is 0 Å². The Bertz CT molecular complexity index is 453. The number of rotatable bonds is 6. The van der Waals surface area contributed by atoms with Crippen molar-refractivity contribution in [2.45, 2.75) is 51.2 Å². The minimum atomic E-state index is -0.0731. The summed E-state index contributed by atoms with van der Waals surface area (Å²) in [5.74, 6) is 0.507. The summed E-state index contributed by atoms with van der Waals surface area (Å²) in [5, 5.41) is 22.2. The topological polar surface area (TPSA) is 56.0 Å². The number of aliphatic hydroxyl groups excluding tert-OH is 1. The standard InChI is InChI=1S/C17H24N2O/c18-12-14-5-3-6-15(11-14)13-19-10-4-8-16-7-1-2-9-17(16)20/h3,5-6,11,16-17,19-20H,1-2,4,7-10,13H2. The molecule has 2 rings (SSSR count). The number of nitriles is 1. The second-order valence-electron chi connectivity index (χ2n) is 5.74. The van der Waals surface area contributed by atoms with Crippen molar-refractivity contribution in [2.24, 2.45) is 5.92 Å². The molecule has 0 aliphatic heterocycles. The Morgan fingerprint density at radius 1 is 1.30 bits per heavy atom. The maximum absolute atomic E-state index is 9.91. The van der Waals surface area contributed by atoms with Crippen LogP contribution in [0.3, 0.4) is 0 Å². The maximum Gasteiger partial charge on any atom is 0.0991 e. The molecule has 0 aromatic heterocycles. The summed E-state index contributed by atoms with van der Waals surface area (Å²) in [7, 11) is 0. The van der Waals surface area contributed by atoms with Gasteiger partial charge in [0.15, 0.2) is 0 Å². The molecule has 0 bridgehead atoms. The third-order valence-corrected chi connectivity index (χ3v) is 4.18. The summed E-state index contributed by atoms with van der Waals surface area (Å²) in [6.45, 7) is 1.78. The molecule has 2 atom stereocenters. The number of benzene rings is 1. The van der Waals surface area contributed by atoms with Crippen molar-refractivity contribution in [1.29, 1.82) is 5.26 Å². The van der Waals surface area contributed by atoms with Gasteiger partial charge in [0.05, 0.1) is 17.7 Å². The number of aliphatic hydroxyl groups is 1. The molecule has 1 fully saturated rings. The SMILES string of the molecule is N#Cc1cccc(CNCCCC2CCCCC2O)c1. The lowest BCUT2D eigenvalue weighted by molar-refractivity contribution is 0.0643. The van der Waals surface area contributed by atoms with E-state index in [9.17, 15) is 5.11 Å². The molecule has 1 aromatic carbocycles. The van der Waals surface area contributed by atoms with Gasteiger partial charge >= 0.3 is 0 Å². The predicted molar refractivity (Wildman–Crippen MR) is 80.1 cm³/mol. The van der Waals surface area contributed by atoms with E-state index in [1.54, 1.807) is 0 Å². The maximum atomic E-state index is 9.91. The molecule has 0 spiro atoms. The number of hydrogen-bond acceptors (Lipinski definition) is 3. The van der Waals surface area contributed by atoms with Crippen molar-refractivity contribution in [3.63, 3.8) is 0 Å². The van der Waals surface area contributed by atoms with Gasteiger partial charge in [0.2, 0.25) is 0 Å². The Morgan fingerprint density at radius 2 is 2.15 bits per heavy atom. The van der Waals surface area contributed by atoms with Crippen LogP contribution >= 0.6 is 0 Å². The van der Waals surface area contributed by atoms with Crippen LogP contribution in [-0.2, 0) is 6.54 Å². The van der Waals surface area contributed by atoms with Gasteiger partial charge in [-0.1, -0.05) is 25.0 Å². The van der Waals surface area contributed by atoms with Crippen molar-refractivity contribution < 1.29 is 5.11 Å². The first-order valence-corrected chi connectivity index (χ1v) is 7.67. The average molecular weight is 272 g/mol. The third-order valence-electron chi connectivity index (χ3n) is 4.18. The Hall–Kier alpha value is -1.37. The van der Waals surface area contributed by atoms with Crippen LogP contribution in [0.1, 0.15) is 49.7 Å². The van der Waals surface area contributed by atoms with Gasteiger partial charge in [-0.3, -0.25) is 0 Å². The van der Waals surface area contributed by atoms with E-state index in [0.29, 0.717) is 5.92 Å². The van der Waals surface area contributed by atoms with E-state index >= 15 is 0 Å². The van der Waals surface area contributed by atoms with Crippen molar-refractivity contribution in [3.8, 4) is 6.07 Å². The van der Waals surface area contributed by atoms with E-state index in [4.69, 9.17) is 5.26 Å². The van der Waals surface area contributed by atoms with Gasteiger partial charge in [-0.05, 0) is 55.8 Å². The van der Waals surface area contributed by atoms with Gasteiger partial charge < -0.3 is 10.4 Å². The molecule has 1 aliphatic carbocycles. The van der Waals surface area contributed by atoms with E-state index in [1.165, 1.54) is 19.3 Å². The van der Waals surface area contributed by atoms with Gasteiger partial charge in [0, 0.05) is 6.54 Å². The van der Waals surface area contributed by atoms with Crippen molar-refractivity contribution >= 4 is 0 Å². The highest BCUT2D eigenvalue weighted by atomic mass is 16.3. The van der Waals surface area contributed by atoms with E-state index in [1.807, 2.05) is 24.3 Å². The Morgan fingerprint density at radius 3 is 2.95 bits per heavy atom. The van der Waals surface area contributed by atoms with E-state index in [0.717, 1.165) is 43.5 Å². The molecule has 2 unspecified atom stereocenters. The molecule has 2 N–H and O–H groups in total. The molecule has 1 aliphatic rings. The molecular weight excluding hydrogens is 248 g/mol. The van der Waals surface area contributed by atoms with Gasteiger partial charge in [0.25, 0.3) is 0 Å². The Kier molecular flexibility index (Phi) is 6.04. The zero-order valence-corrected chi connectivity index (χ0v) is 12.0. The fourth-order valence-corrected chi connectivity index (χ4v) is 3.00. The minimum Gasteiger partial charge on any atom is -0.393 e. The minimum absolute atomic E-state index is 0.0731. The van der Waals surface area contributed by atoms with Crippen LogP contribution in [0.2, 0.25) is 0 Å². The lowest BCUT2D eigenvalue weighted by Gasteiger charge is -2.27. The highest BCUT2D eigenvalue weighted by Crippen LogP contribution is 2.27. The monoisotopic (exact) mass is 272 g/mol. The highest BCUT2D eigenvalue weighted by Gasteiger charge is 2.21. The molecule has 3 nitrogen and oxygen atoms in total. The first-order chi connectivity index (χ1) is 9.79. The van der Waals surface area contributed by atoms with Gasteiger partial charge in [-0.25, -0.2) is 0 Å². The molecule has 3 heteroatoms. The summed E-state index contributed by atoms with van der Waals surface area (Å²) in [4.78, 5) is 0. The second kappa shape index (κ2) is 8.04. The molecule has 1 saturated carbocycles. The zero-order chi connectivity index (χ0) is 14.2. The summed E-state index contributed by atoms with van der Waals surface area (Å²) < 4.78 is 0. The highest BCUT2D eigenvalue weighted by molar-refractivity contribution is 5.32. The van der Waals surface area contributed by atoms with Crippen LogP contribution in [0.5, 0.6) is 0 Å². The normalized spacial score (nSPS) is 22.4. The Labute approximate surface area is 121 Å². The van der Waals surface area contributed by atoms with Gasteiger partial charge in [-0.2, -0.15) is 5.26 Å². The van der Waals surface area contributed by atoms with Crippen molar-refractivity contribution in [3.05, 3.63) is 35.4 Å². The summed E-state index contributed by atoms with van der Waals surface area (Å²) in [5.41, 5.74) is 1.87. The molecule has 20 heavy (non-hydrogen) atoms. The fourth-order valence-electron chi connectivity index (χ4n) is 3.00. The van der Waals surface area contributed by atoms with Crippen LogP contribution in [0.15, 0.2) is 24.3 Å². The molecule has 0 saturated heterocycles. The van der Waals surface area contributed by atoms with E-state index in [2.05, 4.69) is 11.4 Å². The molecule has 1 aromatic rings. The number of hydrogen-bond donors (Lipinski definition) is 2. The largest absolute Gasteiger partial charge is 0.393 e. The van der Waals surface area contributed by atoms with Crippen LogP contribution in [0.4, 0.5) is 0 Å². The fraction of sp³-hybridized carbons (Fsp3) is 0.588. The van der Waals surface area contributed by atoms with Crippen LogP contribution in [0.25, 0.3) is 0 Å². The summed E-state index contributed by atoms with van der Waals surface area (Å²) in [6.07, 6.45) is 6.79. The van der Waals surface area contributed by atoms with Gasteiger partial charge in [-0.15, -0.1) is 0 Å². The molecular formula is C17H24N2O. The van der Waals surface area contributed by atoms with Crippen LogP contribution in [-0.4, -0.2) is 17.8 Å². The summed E-state index contributed by atoms with van der Waals surface area (Å²) in [6, 6.07) is 9.88. The van der Waals surface area contributed by atoms with Crippen molar-refractivity contribution in [2.75, 3.05) is 6.54 Å². The smallest absolute Gasteiger partial charge is 0.0991 e. The van der Waals surface area contributed by atoms with Crippen LogP contribution < -0.4 is 5.32 Å². The third kappa shape index (κ3) is 4.63. The predicted octanol–water partition coefficient (Wildman–Crippen LogP) is 2.98. The zero-order valence-electron chi connectivity index (χ0n) is 12.0. The lowest BCUT2D eigenvalue weighted by Crippen LogP contribution is -2.25. The first-order valence-electron chi connectivity index (χ1n) is 7.67. The second-order valence-corrected chi connectivity index (χ2v) is 5.74. The molecule has 0 radical (unpaired) electrons. The first kappa shape index (κ1) is 15.0. The van der Waals surface area contributed by atoms with Gasteiger partial charge in [0.1, 0.15) is 0 Å². The summed E-state index contributed by atoms with van der Waals surface area (Å²) >= 11 is 0.